The normalized spacial score (nSPS) is 18.6. The molecule has 1 aliphatic rings. The van der Waals surface area contributed by atoms with Crippen molar-refractivity contribution in [3.05, 3.63) is 23.8 Å². The predicted molar refractivity (Wildman–Crippen MR) is 76.1 cm³/mol. The topological polar surface area (TPSA) is 15.3 Å². The molecule has 0 amide bonds. The molecule has 1 heterocycles. The molecule has 0 fully saturated rings. The summed E-state index contributed by atoms with van der Waals surface area (Å²) in [5, 5.41) is 3.57. The summed E-state index contributed by atoms with van der Waals surface area (Å²) >= 11 is 0. The first kappa shape index (κ1) is 12.3. The molecule has 0 radical (unpaired) electrons. The van der Waals surface area contributed by atoms with Crippen LogP contribution in [0, 0.1) is 5.41 Å². The van der Waals surface area contributed by atoms with Gasteiger partial charge in [-0.1, -0.05) is 33.8 Å². The molecule has 0 aliphatic carbocycles. The number of nitrogens with one attached hydrogen (secondary N) is 1. The molecule has 1 aliphatic heterocycles. The van der Waals surface area contributed by atoms with Gasteiger partial charge in [0, 0.05) is 20.1 Å². The molecule has 0 unspecified atom stereocenters. The average molecular weight is 232 g/mol. The number of anilines is 2. The van der Waals surface area contributed by atoms with E-state index >= 15 is 0 Å². The monoisotopic (exact) mass is 232 g/mol. The number of hydrogen-bond acceptors (Lipinski definition) is 2. The zero-order valence-corrected chi connectivity index (χ0v) is 11.7. The van der Waals surface area contributed by atoms with Gasteiger partial charge >= 0.3 is 0 Å². The van der Waals surface area contributed by atoms with Crippen LogP contribution >= 0.6 is 0 Å². The molecular formula is C15H24N2. The van der Waals surface area contributed by atoms with Gasteiger partial charge < -0.3 is 10.2 Å². The molecule has 0 saturated heterocycles. The van der Waals surface area contributed by atoms with Crippen molar-refractivity contribution in [3.8, 4) is 0 Å². The van der Waals surface area contributed by atoms with E-state index in [1.54, 1.807) is 0 Å². The van der Waals surface area contributed by atoms with Gasteiger partial charge in [0.25, 0.3) is 0 Å². The lowest BCUT2D eigenvalue weighted by molar-refractivity contribution is 0.403. The number of nitrogens with zero attached hydrogens (tertiary/aromatic N) is 1. The summed E-state index contributed by atoms with van der Waals surface area (Å²) in [6, 6.07) is 6.79. The Morgan fingerprint density at radius 3 is 2.65 bits per heavy atom. The van der Waals surface area contributed by atoms with E-state index in [1.165, 1.54) is 16.9 Å². The van der Waals surface area contributed by atoms with Gasteiger partial charge in [0.1, 0.15) is 0 Å². The van der Waals surface area contributed by atoms with Crippen LogP contribution in [-0.4, -0.2) is 20.1 Å². The first-order chi connectivity index (χ1) is 7.89. The van der Waals surface area contributed by atoms with Gasteiger partial charge in [-0.15, -0.1) is 0 Å². The Bertz CT molecular complexity index is 407. The molecule has 0 bridgehead atoms. The molecule has 17 heavy (non-hydrogen) atoms. The Balaban J connectivity index is 2.38. The zero-order valence-electron chi connectivity index (χ0n) is 11.7. The Morgan fingerprint density at radius 2 is 2.00 bits per heavy atom. The van der Waals surface area contributed by atoms with E-state index in [0.717, 1.165) is 13.1 Å². The molecule has 2 nitrogen and oxygen atoms in total. The van der Waals surface area contributed by atoms with E-state index in [1.807, 2.05) is 0 Å². The Hall–Kier alpha value is -1.18. The van der Waals surface area contributed by atoms with E-state index in [0.29, 0.717) is 11.3 Å². The summed E-state index contributed by atoms with van der Waals surface area (Å²) in [5.74, 6) is 0.588. The van der Waals surface area contributed by atoms with E-state index in [-0.39, 0.29) is 0 Å². The summed E-state index contributed by atoms with van der Waals surface area (Å²) in [6.07, 6.45) is 0. The molecule has 0 saturated carbocycles. The molecule has 94 valence electrons. The standard InChI is InChI=1S/C15H24N2/c1-11(2)12-6-7-13-14(8-12)17(5)10-15(3,4)9-16-13/h6-8,11,16H,9-10H2,1-5H3. The molecule has 0 aromatic heterocycles. The van der Waals surface area contributed by atoms with Crippen LogP contribution in [0.25, 0.3) is 0 Å². The maximum absolute atomic E-state index is 3.57. The van der Waals surface area contributed by atoms with E-state index in [4.69, 9.17) is 0 Å². The van der Waals surface area contributed by atoms with Crippen LogP contribution in [-0.2, 0) is 0 Å². The molecule has 1 aromatic rings. The lowest BCUT2D eigenvalue weighted by atomic mass is 9.93. The zero-order chi connectivity index (χ0) is 12.6. The molecule has 2 heteroatoms. The van der Waals surface area contributed by atoms with E-state index < -0.39 is 0 Å². The van der Waals surface area contributed by atoms with Crippen molar-refractivity contribution in [2.75, 3.05) is 30.4 Å². The highest BCUT2D eigenvalue weighted by Gasteiger charge is 2.25. The summed E-state index contributed by atoms with van der Waals surface area (Å²) in [7, 11) is 2.19. The number of fused-ring (bicyclic) bond motifs is 1. The van der Waals surface area contributed by atoms with Gasteiger partial charge in [0.2, 0.25) is 0 Å². The Kier molecular flexibility index (Phi) is 3.07. The first-order valence-electron chi connectivity index (χ1n) is 6.48. The van der Waals surface area contributed by atoms with Crippen molar-refractivity contribution in [2.24, 2.45) is 5.41 Å². The van der Waals surface area contributed by atoms with Crippen molar-refractivity contribution < 1.29 is 0 Å². The minimum atomic E-state index is 0.311. The fourth-order valence-electron chi connectivity index (χ4n) is 2.49. The minimum Gasteiger partial charge on any atom is -0.383 e. The van der Waals surface area contributed by atoms with Gasteiger partial charge in [-0.25, -0.2) is 0 Å². The number of hydrogen-bond donors (Lipinski definition) is 1. The fraction of sp³-hybridized carbons (Fsp3) is 0.600. The second kappa shape index (κ2) is 4.25. The van der Waals surface area contributed by atoms with Crippen LogP contribution < -0.4 is 10.2 Å². The Morgan fingerprint density at radius 1 is 1.29 bits per heavy atom. The highest BCUT2D eigenvalue weighted by molar-refractivity contribution is 5.72. The van der Waals surface area contributed by atoms with Crippen molar-refractivity contribution >= 4 is 11.4 Å². The molecule has 0 atom stereocenters. The van der Waals surface area contributed by atoms with Crippen LogP contribution in [0.4, 0.5) is 11.4 Å². The van der Waals surface area contributed by atoms with Crippen molar-refractivity contribution in [1.82, 2.24) is 0 Å². The van der Waals surface area contributed by atoms with Gasteiger partial charge in [-0.3, -0.25) is 0 Å². The molecule has 0 spiro atoms. The fourth-order valence-corrected chi connectivity index (χ4v) is 2.49. The summed E-state index contributed by atoms with van der Waals surface area (Å²) in [5.41, 5.74) is 4.33. The third kappa shape index (κ3) is 2.56. The quantitative estimate of drug-likeness (QED) is 0.794. The van der Waals surface area contributed by atoms with Crippen LogP contribution in [0.3, 0.4) is 0 Å². The van der Waals surface area contributed by atoms with E-state index in [9.17, 15) is 0 Å². The highest BCUT2D eigenvalue weighted by atomic mass is 15.1. The van der Waals surface area contributed by atoms with E-state index in [2.05, 4.69) is 63.2 Å². The lowest BCUT2D eigenvalue weighted by Gasteiger charge is -2.28. The van der Waals surface area contributed by atoms with Gasteiger partial charge in [0.15, 0.2) is 0 Å². The largest absolute Gasteiger partial charge is 0.383 e. The highest BCUT2D eigenvalue weighted by Crippen LogP contribution is 2.34. The van der Waals surface area contributed by atoms with Crippen molar-refractivity contribution in [3.63, 3.8) is 0 Å². The predicted octanol–water partition coefficient (Wildman–Crippen LogP) is 3.70. The average Bonchev–Trinajstić information content (AvgIpc) is 2.35. The summed E-state index contributed by atoms with van der Waals surface area (Å²) in [4.78, 5) is 2.38. The third-order valence-electron chi connectivity index (χ3n) is 3.52. The Labute approximate surface area is 105 Å². The molecule has 2 rings (SSSR count). The minimum absolute atomic E-state index is 0.311. The van der Waals surface area contributed by atoms with Crippen molar-refractivity contribution in [1.29, 1.82) is 0 Å². The SMILES string of the molecule is CC(C)c1ccc2c(c1)N(C)CC(C)(C)CN2. The second-order valence-electron chi connectivity index (χ2n) is 6.31. The van der Waals surface area contributed by atoms with Crippen LogP contribution in [0.1, 0.15) is 39.2 Å². The summed E-state index contributed by atoms with van der Waals surface area (Å²) in [6.45, 7) is 11.2. The van der Waals surface area contributed by atoms with Gasteiger partial charge in [0.05, 0.1) is 11.4 Å². The first-order valence-corrected chi connectivity index (χ1v) is 6.48. The molecule has 1 aromatic carbocycles. The molecular weight excluding hydrogens is 208 g/mol. The van der Waals surface area contributed by atoms with Crippen LogP contribution in [0.15, 0.2) is 18.2 Å². The smallest absolute Gasteiger partial charge is 0.0602 e. The summed E-state index contributed by atoms with van der Waals surface area (Å²) < 4.78 is 0. The van der Waals surface area contributed by atoms with Gasteiger partial charge in [-0.2, -0.15) is 0 Å². The van der Waals surface area contributed by atoms with Crippen molar-refractivity contribution in [2.45, 2.75) is 33.6 Å². The number of benzene rings is 1. The second-order valence-corrected chi connectivity index (χ2v) is 6.31. The third-order valence-corrected chi connectivity index (χ3v) is 3.52. The van der Waals surface area contributed by atoms with Crippen LogP contribution in [0.2, 0.25) is 0 Å². The maximum atomic E-state index is 3.57. The van der Waals surface area contributed by atoms with Crippen LogP contribution in [0.5, 0.6) is 0 Å². The van der Waals surface area contributed by atoms with Gasteiger partial charge in [-0.05, 0) is 29.0 Å². The maximum Gasteiger partial charge on any atom is 0.0602 e. The molecule has 1 N–H and O–H groups in total. The number of rotatable bonds is 1. The lowest BCUT2D eigenvalue weighted by Crippen LogP contribution is -2.33.